The van der Waals surface area contributed by atoms with Crippen LogP contribution in [0.2, 0.25) is 0 Å². The standard InChI is InChI=1S/C92H92O8/c1-5-25-41-81-89(67-33-17-13-18-34-67)77-61-78-86(63-85(77)97-81)98-82(90(78)68-35-19-14-20-36-68)42-26-6-2-11-31-55-95-75-51-47-66-48-52-76(60-72(66)59-75)96-56-32-12-4-8-28-44-84-92(70-39-23-16-24-40-70)80-62-79-87(64-88(80)100-84)99-83(91(79)69-37-21-15-22-38-69)43-27-7-3-10-30-54-94-74-50-46-65-45-49-73(57-71(65)58-74)93-53-29-9-1/h13-24,33-40,45-52,57-64H,1-12,25-32,41-44,53-56H2. The van der Waals surface area contributed by atoms with Crippen molar-refractivity contribution in [2.24, 2.45) is 0 Å². The highest BCUT2D eigenvalue weighted by atomic mass is 16.5. The van der Waals surface area contributed by atoms with E-state index in [4.69, 9.17) is 36.6 Å². The highest BCUT2D eigenvalue weighted by molar-refractivity contribution is 6.09. The molecule has 0 spiro atoms. The summed E-state index contributed by atoms with van der Waals surface area (Å²) in [4.78, 5) is 0. The van der Waals surface area contributed by atoms with Crippen LogP contribution in [0.3, 0.4) is 0 Å². The van der Waals surface area contributed by atoms with E-state index < -0.39 is 0 Å². The normalized spacial score (nSPS) is 15.6. The minimum absolute atomic E-state index is 0.691. The Morgan fingerprint density at radius 3 is 0.670 bits per heavy atom. The summed E-state index contributed by atoms with van der Waals surface area (Å²) in [7, 11) is 0. The number of aryl methyl sites for hydroxylation is 4. The Bertz CT molecular complexity index is 4370. The molecule has 0 radical (unpaired) electrons. The highest BCUT2D eigenvalue weighted by Gasteiger charge is 2.25. The van der Waals surface area contributed by atoms with E-state index in [1.807, 2.05) is 0 Å². The van der Waals surface area contributed by atoms with Crippen molar-refractivity contribution >= 4 is 65.4 Å². The fourth-order valence-electron chi connectivity index (χ4n) is 15.2. The second kappa shape index (κ2) is 32.4. The zero-order valence-corrected chi connectivity index (χ0v) is 57.8. The van der Waals surface area contributed by atoms with Gasteiger partial charge in [0.05, 0.1) is 26.4 Å². The lowest BCUT2D eigenvalue weighted by Gasteiger charge is -2.10. The molecular weight excluding hydrogens is 1230 g/mol. The van der Waals surface area contributed by atoms with Crippen molar-refractivity contribution < 1.29 is 36.6 Å². The molecule has 508 valence electrons. The van der Waals surface area contributed by atoms with Crippen molar-refractivity contribution in [2.75, 3.05) is 26.4 Å². The van der Waals surface area contributed by atoms with Gasteiger partial charge in [-0.2, -0.15) is 0 Å². The number of hydrogen-bond acceptors (Lipinski definition) is 8. The van der Waals surface area contributed by atoms with Gasteiger partial charge in [0.15, 0.2) is 0 Å². The van der Waals surface area contributed by atoms with Crippen LogP contribution in [-0.2, 0) is 25.7 Å². The molecule has 18 bridgehead atoms. The van der Waals surface area contributed by atoms with Crippen molar-refractivity contribution in [1.29, 1.82) is 0 Å². The molecule has 0 N–H and O–H groups in total. The maximum Gasteiger partial charge on any atom is 0.138 e. The summed E-state index contributed by atoms with van der Waals surface area (Å²) in [5, 5.41) is 9.21. The molecule has 4 aromatic heterocycles. The molecule has 4 aliphatic rings. The first-order valence-corrected chi connectivity index (χ1v) is 37.4. The second-order valence-electron chi connectivity index (χ2n) is 27.6. The van der Waals surface area contributed by atoms with Crippen LogP contribution >= 0.6 is 0 Å². The van der Waals surface area contributed by atoms with Crippen LogP contribution in [-0.4, -0.2) is 26.4 Å². The van der Waals surface area contributed by atoms with E-state index in [2.05, 4.69) is 218 Å². The molecule has 10 aromatic carbocycles. The van der Waals surface area contributed by atoms with Gasteiger partial charge in [0.2, 0.25) is 0 Å². The average molecular weight is 1330 g/mol. The van der Waals surface area contributed by atoms with Gasteiger partial charge >= 0.3 is 0 Å². The van der Waals surface area contributed by atoms with Gasteiger partial charge < -0.3 is 36.6 Å². The van der Waals surface area contributed by atoms with E-state index >= 15 is 0 Å². The lowest BCUT2D eigenvalue weighted by molar-refractivity contribution is 0.303. The number of hydrogen-bond donors (Lipinski definition) is 0. The fourth-order valence-corrected chi connectivity index (χ4v) is 15.2. The third-order valence-electron chi connectivity index (χ3n) is 20.4. The van der Waals surface area contributed by atoms with Gasteiger partial charge in [0.25, 0.3) is 0 Å². The monoisotopic (exact) mass is 1320 g/mol. The highest BCUT2D eigenvalue weighted by Crippen LogP contribution is 2.46. The zero-order valence-electron chi connectivity index (χ0n) is 57.8. The Kier molecular flexibility index (Phi) is 21.4. The molecule has 100 heavy (non-hydrogen) atoms. The first kappa shape index (κ1) is 66.0. The van der Waals surface area contributed by atoms with Gasteiger partial charge in [-0.1, -0.05) is 223 Å². The molecule has 0 atom stereocenters. The molecule has 8 nitrogen and oxygen atoms in total. The summed E-state index contributed by atoms with van der Waals surface area (Å²) in [6.07, 6.45) is 25.2. The van der Waals surface area contributed by atoms with Gasteiger partial charge in [-0.3, -0.25) is 0 Å². The van der Waals surface area contributed by atoms with E-state index in [9.17, 15) is 0 Å². The van der Waals surface area contributed by atoms with Crippen LogP contribution in [0.4, 0.5) is 0 Å². The SMILES string of the molecule is c1ccc(-c2c3oc4cc5oc(c(-c6ccccc6)c5cc24)CCCCCCCOc2ccc4ccc(cc4c2)OCCCCCCCc2oc4cc5oc(c(-c6ccccc6)c5cc4c2-c2ccccc2)CCCCCCCOc2ccc4ccc(cc4c2)OCCCCCCC3)cc1. The van der Waals surface area contributed by atoms with Crippen molar-refractivity contribution in [3.8, 4) is 67.5 Å². The molecule has 8 heteroatoms. The topological polar surface area (TPSA) is 89.5 Å². The van der Waals surface area contributed by atoms with Crippen LogP contribution in [0.25, 0.3) is 110 Å². The Hall–Kier alpha value is -9.92. The van der Waals surface area contributed by atoms with Crippen molar-refractivity contribution in [3.63, 3.8) is 0 Å². The van der Waals surface area contributed by atoms with Gasteiger partial charge in [-0.15, -0.1) is 0 Å². The molecule has 0 unspecified atom stereocenters. The summed E-state index contributed by atoms with van der Waals surface area (Å²) < 4.78 is 52.8. The Balaban J connectivity index is 0.610. The van der Waals surface area contributed by atoms with Gasteiger partial charge in [0.1, 0.15) is 68.4 Å². The molecule has 0 fully saturated rings. The lowest BCUT2D eigenvalue weighted by Crippen LogP contribution is -1.98. The smallest absolute Gasteiger partial charge is 0.138 e. The van der Waals surface area contributed by atoms with Crippen LogP contribution in [0.1, 0.15) is 151 Å². The van der Waals surface area contributed by atoms with Crippen molar-refractivity contribution in [2.45, 2.75) is 154 Å². The molecule has 4 aliphatic heterocycles. The summed E-state index contributed by atoms with van der Waals surface area (Å²) in [5.74, 6) is 7.80. The number of rotatable bonds is 4. The van der Waals surface area contributed by atoms with Crippen LogP contribution < -0.4 is 18.9 Å². The average Bonchev–Trinajstić information content (AvgIpc) is 1.60. The van der Waals surface area contributed by atoms with Crippen molar-refractivity contribution in [1.82, 2.24) is 0 Å². The van der Waals surface area contributed by atoms with Gasteiger partial charge in [-0.25, -0.2) is 0 Å². The van der Waals surface area contributed by atoms with E-state index in [1.54, 1.807) is 0 Å². The largest absolute Gasteiger partial charge is 0.494 e. The minimum atomic E-state index is 0.691. The number of benzene rings is 10. The summed E-state index contributed by atoms with van der Waals surface area (Å²) in [5.41, 5.74) is 13.1. The lowest BCUT2D eigenvalue weighted by atomic mass is 9.95. The van der Waals surface area contributed by atoms with E-state index in [0.29, 0.717) is 26.4 Å². The number of furan rings is 4. The minimum Gasteiger partial charge on any atom is -0.494 e. The van der Waals surface area contributed by atoms with Crippen LogP contribution in [0.15, 0.2) is 236 Å². The molecular formula is C92H92O8. The third kappa shape index (κ3) is 15.7. The molecule has 0 saturated heterocycles. The Morgan fingerprint density at radius 1 is 0.190 bits per heavy atom. The molecule has 0 amide bonds. The van der Waals surface area contributed by atoms with E-state index in [-0.39, 0.29) is 0 Å². The quantitative estimate of drug-likeness (QED) is 0.172. The van der Waals surface area contributed by atoms with Crippen LogP contribution in [0.5, 0.6) is 23.0 Å². The van der Waals surface area contributed by atoms with Gasteiger partial charge in [0, 0.05) is 81.6 Å². The third-order valence-corrected chi connectivity index (χ3v) is 20.4. The molecule has 14 aromatic rings. The predicted octanol–water partition coefficient (Wildman–Crippen LogP) is 26.2. The maximum absolute atomic E-state index is 6.85. The van der Waals surface area contributed by atoms with Crippen molar-refractivity contribution in [3.05, 3.63) is 241 Å². The zero-order chi connectivity index (χ0) is 67.1. The Morgan fingerprint density at radius 2 is 0.420 bits per heavy atom. The predicted molar refractivity (Wildman–Crippen MR) is 411 cm³/mol. The molecule has 0 aliphatic carbocycles. The second-order valence-corrected chi connectivity index (χ2v) is 27.6. The van der Waals surface area contributed by atoms with Gasteiger partial charge in [-0.05, 0) is 156 Å². The fraction of sp³-hybridized carbons (Fsp3) is 0.304. The maximum atomic E-state index is 6.85. The van der Waals surface area contributed by atoms with E-state index in [1.165, 1.54) is 55.3 Å². The Labute approximate surface area is 588 Å². The summed E-state index contributed by atoms with van der Waals surface area (Å²) >= 11 is 0. The summed E-state index contributed by atoms with van der Waals surface area (Å²) in [6, 6.07) is 77.8. The summed E-state index contributed by atoms with van der Waals surface area (Å²) in [6.45, 7) is 2.77. The first-order valence-electron chi connectivity index (χ1n) is 37.4. The number of ether oxygens (including phenoxy) is 4. The molecule has 8 heterocycles. The van der Waals surface area contributed by atoms with E-state index in [0.717, 1.165) is 255 Å². The van der Waals surface area contributed by atoms with Crippen LogP contribution in [0, 0.1) is 0 Å². The molecule has 18 rings (SSSR count). The first-order chi connectivity index (χ1) is 49.6. The molecule has 0 saturated carbocycles.